The SMILES string of the molecule is CCNC(=NCc1ccc(C(=O)N(CC)CC)cc1)NC1CCC(C)CC1. The molecular formula is C22H36N4O. The molecule has 0 radical (unpaired) electrons. The number of carbonyl (C=O) groups is 1. The minimum absolute atomic E-state index is 0.0941. The monoisotopic (exact) mass is 372 g/mol. The van der Waals surface area contributed by atoms with Gasteiger partial charge in [0.2, 0.25) is 0 Å². The van der Waals surface area contributed by atoms with Gasteiger partial charge in [0.15, 0.2) is 5.96 Å². The van der Waals surface area contributed by atoms with E-state index in [1.165, 1.54) is 25.7 Å². The summed E-state index contributed by atoms with van der Waals surface area (Å²) in [6, 6.07) is 8.36. The van der Waals surface area contributed by atoms with E-state index in [0.717, 1.165) is 42.6 Å². The van der Waals surface area contributed by atoms with Gasteiger partial charge < -0.3 is 15.5 Å². The molecule has 1 amide bonds. The molecule has 0 bridgehead atoms. The van der Waals surface area contributed by atoms with Crippen LogP contribution < -0.4 is 10.6 Å². The lowest BCUT2D eigenvalue weighted by atomic mass is 9.87. The second kappa shape index (κ2) is 11.0. The fourth-order valence-corrected chi connectivity index (χ4v) is 3.53. The second-order valence-corrected chi connectivity index (χ2v) is 7.47. The number of rotatable bonds is 7. The van der Waals surface area contributed by atoms with E-state index >= 15 is 0 Å². The zero-order valence-corrected chi connectivity index (χ0v) is 17.4. The highest BCUT2D eigenvalue weighted by Gasteiger charge is 2.18. The minimum atomic E-state index is 0.0941. The highest BCUT2D eigenvalue weighted by atomic mass is 16.2. The molecule has 1 fully saturated rings. The highest BCUT2D eigenvalue weighted by Crippen LogP contribution is 2.23. The van der Waals surface area contributed by atoms with Gasteiger partial charge in [0.25, 0.3) is 5.91 Å². The van der Waals surface area contributed by atoms with Crippen LogP contribution in [0.2, 0.25) is 0 Å². The van der Waals surface area contributed by atoms with Crippen molar-refractivity contribution in [2.24, 2.45) is 10.9 Å². The van der Waals surface area contributed by atoms with Crippen LogP contribution >= 0.6 is 0 Å². The van der Waals surface area contributed by atoms with Crippen molar-refractivity contribution in [3.8, 4) is 0 Å². The number of carbonyl (C=O) groups excluding carboxylic acids is 1. The van der Waals surface area contributed by atoms with Crippen molar-refractivity contribution in [3.05, 3.63) is 35.4 Å². The summed E-state index contributed by atoms with van der Waals surface area (Å²) in [7, 11) is 0. The van der Waals surface area contributed by atoms with Crippen molar-refractivity contribution in [1.82, 2.24) is 15.5 Å². The molecular weight excluding hydrogens is 336 g/mol. The third-order valence-electron chi connectivity index (χ3n) is 5.37. The van der Waals surface area contributed by atoms with Gasteiger partial charge in [0.1, 0.15) is 0 Å². The Balaban J connectivity index is 1.95. The lowest BCUT2D eigenvalue weighted by Gasteiger charge is -2.28. The average molecular weight is 373 g/mol. The summed E-state index contributed by atoms with van der Waals surface area (Å²) in [5, 5.41) is 6.93. The second-order valence-electron chi connectivity index (χ2n) is 7.47. The molecule has 1 aromatic rings. The van der Waals surface area contributed by atoms with Crippen LogP contribution in [0.4, 0.5) is 0 Å². The Morgan fingerprint density at radius 2 is 1.70 bits per heavy atom. The first-order valence-corrected chi connectivity index (χ1v) is 10.5. The van der Waals surface area contributed by atoms with Gasteiger partial charge in [-0.3, -0.25) is 4.79 Å². The topological polar surface area (TPSA) is 56.7 Å². The van der Waals surface area contributed by atoms with Gasteiger partial charge in [-0.05, 0) is 70.1 Å². The molecule has 5 nitrogen and oxygen atoms in total. The molecule has 1 aliphatic carbocycles. The van der Waals surface area contributed by atoms with Crippen LogP contribution in [0.1, 0.15) is 69.3 Å². The molecule has 0 spiro atoms. The lowest BCUT2D eigenvalue weighted by molar-refractivity contribution is 0.0773. The number of hydrogen-bond acceptors (Lipinski definition) is 2. The molecule has 1 saturated carbocycles. The van der Waals surface area contributed by atoms with E-state index < -0.39 is 0 Å². The number of nitrogens with zero attached hydrogens (tertiary/aromatic N) is 2. The van der Waals surface area contributed by atoms with Gasteiger partial charge in [-0.1, -0.05) is 19.1 Å². The van der Waals surface area contributed by atoms with Crippen molar-refractivity contribution in [2.45, 2.75) is 66.0 Å². The maximum absolute atomic E-state index is 12.4. The zero-order chi connectivity index (χ0) is 19.6. The van der Waals surface area contributed by atoms with Crippen LogP contribution in [-0.2, 0) is 6.54 Å². The number of hydrogen-bond donors (Lipinski definition) is 2. The average Bonchev–Trinajstić information content (AvgIpc) is 2.69. The molecule has 0 aliphatic heterocycles. The number of guanidine groups is 1. The molecule has 2 N–H and O–H groups in total. The first-order chi connectivity index (χ1) is 13.1. The van der Waals surface area contributed by atoms with Crippen LogP contribution in [0.3, 0.4) is 0 Å². The van der Waals surface area contributed by atoms with Crippen molar-refractivity contribution >= 4 is 11.9 Å². The van der Waals surface area contributed by atoms with Gasteiger partial charge in [0, 0.05) is 31.2 Å². The molecule has 27 heavy (non-hydrogen) atoms. The van der Waals surface area contributed by atoms with Crippen LogP contribution in [0.5, 0.6) is 0 Å². The smallest absolute Gasteiger partial charge is 0.253 e. The maximum atomic E-state index is 12.4. The predicted octanol–water partition coefficient (Wildman–Crippen LogP) is 3.80. The highest BCUT2D eigenvalue weighted by molar-refractivity contribution is 5.94. The number of nitrogens with one attached hydrogen (secondary N) is 2. The van der Waals surface area contributed by atoms with E-state index in [1.807, 2.05) is 43.0 Å². The Hall–Kier alpha value is -2.04. The number of amides is 1. The molecule has 1 aromatic carbocycles. The third kappa shape index (κ3) is 6.56. The van der Waals surface area contributed by atoms with E-state index in [4.69, 9.17) is 4.99 Å². The van der Waals surface area contributed by atoms with Gasteiger partial charge in [-0.2, -0.15) is 0 Å². The van der Waals surface area contributed by atoms with Gasteiger partial charge >= 0.3 is 0 Å². The summed E-state index contributed by atoms with van der Waals surface area (Å²) >= 11 is 0. The van der Waals surface area contributed by atoms with Crippen LogP contribution in [0, 0.1) is 5.92 Å². The Morgan fingerprint density at radius 1 is 1.07 bits per heavy atom. The summed E-state index contributed by atoms with van der Waals surface area (Å²) in [6.45, 7) is 11.4. The lowest BCUT2D eigenvalue weighted by Crippen LogP contribution is -2.44. The normalized spacial score (nSPS) is 20.2. The molecule has 5 heteroatoms. The molecule has 0 aromatic heterocycles. The molecule has 0 unspecified atom stereocenters. The molecule has 0 saturated heterocycles. The first-order valence-electron chi connectivity index (χ1n) is 10.5. The largest absolute Gasteiger partial charge is 0.357 e. The zero-order valence-electron chi connectivity index (χ0n) is 17.4. The number of aliphatic imine (C=N–C) groups is 1. The van der Waals surface area contributed by atoms with Crippen LogP contribution in [0.15, 0.2) is 29.3 Å². The first kappa shape index (κ1) is 21.3. The van der Waals surface area contributed by atoms with Gasteiger partial charge in [-0.25, -0.2) is 4.99 Å². The third-order valence-corrected chi connectivity index (χ3v) is 5.37. The Kier molecular flexibility index (Phi) is 8.62. The predicted molar refractivity (Wildman–Crippen MR) is 113 cm³/mol. The minimum Gasteiger partial charge on any atom is -0.357 e. The molecule has 0 heterocycles. The Labute approximate surface area is 164 Å². The van der Waals surface area contributed by atoms with Crippen LogP contribution in [-0.4, -0.2) is 42.4 Å². The summed E-state index contributed by atoms with van der Waals surface area (Å²) in [6.07, 6.45) is 5.01. The van der Waals surface area contributed by atoms with E-state index in [0.29, 0.717) is 12.6 Å². The summed E-state index contributed by atoms with van der Waals surface area (Å²) in [4.78, 5) is 19.0. The molecule has 150 valence electrons. The van der Waals surface area contributed by atoms with Gasteiger partial charge in [-0.15, -0.1) is 0 Å². The molecule has 1 aliphatic rings. The van der Waals surface area contributed by atoms with Crippen molar-refractivity contribution < 1.29 is 4.79 Å². The molecule has 0 atom stereocenters. The Morgan fingerprint density at radius 3 is 2.26 bits per heavy atom. The molecule has 2 rings (SSSR count). The van der Waals surface area contributed by atoms with E-state index in [1.54, 1.807) is 0 Å². The van der Waals surface area contributed by atoms with Crippen molar-refractivity contribution in [3.63, 3.8) is 0 Å². The van der Waals surface area contributed by atoms with Crippen molar-refractivity contribution in [1.29, 1.82) is 0 Å². The van der Waals surface area contributed by atoms with Gasteiger partial charge in [0.05, 0.1) is 6.54 Å². The van der Waals surface area contributed by atoms with Crippen LogP contribution in [0.25, 0.3) is 0 Å². The van der Waals surface area contributed by atoms with Crippen molar-refractivity contribution in [2.75, 3.05) is 19.6 Å². The summed E-state index contributed by atoms with van der Waals surface area (Å²) in [5.41, 5.74) is 1.85. The number of benzene rings is 1. The quantitative estimate of drug-likeness (QED) is 0.565. The van der Waals surface area contributed by atoms with E-state index in [2.05, 4.69) is 24.5 Å². The fraction of sp³-hybridized carbons (Fsp3) is 0.636. The Bertz CT molecular complexity index is 599. The summed E-state index contributed by atoms with van der Waals surface area (Å²) in [5.74, 6) is 1.83. The van der Waals surface area contributed by atoms with E-state index in [9.17, 15) is 4.79 Å². The van der Waals surface area contributed by atoms with E-state index in [-0.39, 0.29) is 5.91 Å². The fourth-order valence-electron chi connectivity index (χ4n) is 3.53. The summed E-state index contributed by atoms with van der Waals surface area (Å²) < 4.78 is 0. The maximum Gasteiger partial charge on any atom is 0.253 e. The standard InChI is InChI=1S/C22H36N4O/c1-5-23-22(25-20-14-8-17(4)9-15-20)24-16-18-10-12-19(13-11-18)21(27)26(6-2)7-3/h10-13,17,20H,5-9,14-16H2,1-4H3,(H2,23,24,25).